The van der Waals surface area contributed by atoms with Gasteiger partial charge in [0.25, 0.3) is 0 Å². The molecule has 0 amide bonds. The average molecular weight is 471 g/mol. The molecule has 1 saturated heterocycles. The molecule has 4 rings (SSSR count). The van der Waals surface area contributed by atoms with Crippen molar-refractivity contribution in [1.82, 2.24) is 4.98 Å². The summed E-state index contributed by atoms with van der Waals surface area (Å²) in [7, 11) is 1.07. The first-order valence-corrected chi connectivity index (χ1v) is 9.98. The van der Waals surface area contributed by atoms with Crippen LogP contribution in [-0.2, 0) is 4.74 Å². The number of alkyl halides is 3. The molecule has 0 saturated carbocycles. The second-order valence-electron chi connectivity index (χ2n) is 8.19. The fourth-order valence-corrected chi connectivity index (χ4v) is 4.52. The molecule has 10 heteroatoms. The molecule has 3 aromatic rings. The third-order valence-corrected chi connectivity index (χ3v) is 6.44. The minimum absolute atomic E-state index is 0.0536. The van der Waals surface area contributed by atoms with Crippen molar-refractivity contribution in [3.63, 3.8) is 0 Å². The van der Waals surface area contributed by atoms with Crippen LogP contribution in [0.15, 0.2) is 41.2 Å². The number of benzene rings is 2. The second kappa shape index (κ2) is 7.79. The maximum Gasteiger partial charge on any atom is 0.417 e. The highest BCUT2D eigenvalue weighted by Gasteiger charge is 2.65. The number of methoxy groups -OCH3 is 1. The topological polar surface area (TPSA) is 51.3 Å². The van der Waals surface area contributed by atoms with Crippen LogP contribution in [-0.4, -0.2) is 23.9 Å². The summed E-state index contributed by atoms with van der Waals surface area (Å²) < 4.78 is 95.1. The van der Waals surface area contributed by atoms with E-state index in [1.54, 1.807) is 0 Å². The van der Waals surface area contributed by atoms with Gasteiger partial charge in [0.1, 0.15) is 11.9 Å². The second-order valence-corrected chi connectivity index (χ2v) is 8.19. The molecule has 2 aromatic carbocycles. The van der Waals surface area contributed by atoms with Gasteiger partial charge in [-0.15, -0.1) is 0 Å². The summed E-state index contributed by atoms with van der Waals surface area (Å²) in [5.41, 5.74) is -3.50. The largest absolute Gasteiger partial charge is 0.493 e. The highest BCUT2D eigenvalue weighted by Crippen LogP contribution is 2.59. The van der Waals surface area contributed by atoms with Gasteiger partial charge in [0.05, 0.1) is 18.0 Å². The number of aromatic nitrogens is 1. The van der Waals surface area contributed by atoms with Crippen molar-refractivity contribution in [3.05, 3.63) is 75.3 Å². The fourth-order valence-electron chi connectivity index (χ4n) is 4.52. The van der Waals surface area contributed by atoms with Crippen molar-refractivity contribution < 1.29 is 35.8 Å². The molecule has 1 N–H and O–H groups in total. The molecule has 0 aliphatic carbocycles. The molecule has 0 spiro atoms. The molecule has 2 heterocycles. The normalized spacial score (nSPS) is 25.5. The Hall–Kier alpha value is -3.01. The summed E-state index contributed by atoms with van der Waals surface area (Å²) in [4.78, 5) is 15.4. The molecule has 33 heavy (non-hydrogen) atoms. The lowest BCUT2D eigenvalue weighted by Gasteiger charge is -2.32. The first kappa shape index (κ1) is 23.2. The van der Waals surface area contributed by atoms with Crippen LogP contribution < -0.4 is 10.2 Å². The lowest BCUT2D eigenvalue weighted by Crippen LogP contribution is -2.46. The number of hydrogen-bond acceptors (Lipinski definition) is 3. The smallest absolute Gasteiger partial charge is 0.417 e. The van der Waals surface area contributed by atoms with Crippen molar-refractivity contribution in [2.24, 2.45) is 5.92 Å². The highest BCUT2D eigenvalue weighted by atomic mass is 19.4. The SMILES string of the molecule is COc1c([C@H]2[C@H](c3cc(=O)c4c(F)cccc4[nH]3)O[C@@](C)(C(F)(F)F)[C@H]2C)ccc(F)c1F. The molecule has 0 unspecified atom stereocenters. The Balaban J connectivity index is 1.97. The lowest BCUT2D eigenvalue weighted by atomic mass is 9.76. The Labute approximate surface area is 184 Å². The van der Waals surface area contributed by atoms with E-state index in [0.29, 0.717) is 0 Å². The first-order valence-electron chi connectivity index (χ1n) is 9.98. The molecule has 176 valence electrons. The standard InChI is InChI=1S/C23H19F6NO3/c1-10-17(11-7-8-13(25)19(26)20(11)32-3)21(33-22(10,2)23(27,28)29)15-9-16(31)18-12(24)5-4-6-14(18)30-15/h4-10,17,21H,1-3H3,(H,30,31)/t10-,17-,21-,22+/m0/s1. The van der Waals surface area contributed by atoms with Gasteiger partial charge in [-0.25, -0.2) is 8.78 Å². The number of ether oxygens (including phenoxy) is 2. The Kier molecular flexibility index (Phi) is 5.47. The van der Waals surface area contributed by atoms with Crippen molar-refractivity contribution in [2.75, 3.05) is 7.11 Å². The molecule has 1 fully saturated rings. The molecule has 4 nitrogen and oxygen atoms in total. The van der Waals surface area contributed by atoms with Crippen LogP contribution in [0.25, 0.3) is 10.9 Å². The summed E-state index contributed by atoms with van der Waals surface area (Å²) >= 11 is 0. The van der Waals surface area contributed by atoms with Gasteiger partial charge >= 0.3 is 6.18 Å². The van der Waals surface area contributed by atoms with Gasteiger partial charge in [-0.3, -0.25) is 4.79 Å². The fraction of sp³-hybridized carbons (Fsp3) is 0.348. The van der Waals surface area contributed by atoms with Crippen LogP contribution in [0.3, 0.4) is 0 Å². The minimum Gasteiger partial charge on any atom is -0.493 e. The molecule has 1 aromatic heterocycles. The Morgan fingerprint density at radius 2 is 1.79 bits per heavy atom. The molecular formula is C23H19F6NO3. The van der Waals surface area contributed by atoms with Crippen LogP contribution in [0.2, 0.25) is 0 Å². The minimum atomic E-state index is -4.82. The summed E-state index contributed by atoms with van der Waals surface area (Å²) in [6.45, 7) is 2.13. The number of aromatic amines is 1. The van der Waals surface area contributed by atoms with Crippen LogP contribution in [0.5, 0.6) is 5.75 Å². The summed E-state index contributed by atoms with van der Waals surface area (Å²) in [5, 5.41) is -0.257. The van der Waals surface area contributed by atoms with Crippen molar-refractivity contribution in [1.29, 1.82) is 0 Å². The Bertz CT molecular complexity index is 1290. The third-order valence-electron chi connectivity index (χ3n) is 6.44. The highest BCUT2D eigenvalue weighted by molar-refractivity contribution is 5.79. The van der Waals surface area contributed by atoms with Crippen LogP contribution in [0, 0.1) is 23.4 Å². The van der Waals surface area contributed by atoms with E-state index in [0.717, 1.165) is 38.3 Å². The van der Waals surface area contributed by atoms with Crippen molar-refractivity contribution >= 4 is 10.9 Å². The molecule has 0 radical (unpaired) electrons. The lowest BCUT2D eigenvalue weighted by molar-refractivity contribution is -0.275. The maximum atomic E-state index is 14.5. The summed E-state index contributed by atoms with van der Waals surface area (Å²) in [6, 6.07) is 6.71. The predicted molar refractivity (Wildman–Crippen MR) is 108 cm³/mol. The van der Waals surface area contributed by atoms with Gasteiger partial charge in [-0.05, 0) is 25.1 Å². The van der Waals surface area contributed by atoms with E-state index in [1.807, 2.05) is 0 Å². The van der Waals surface area contributed by atoms with Gasteiger partial charge < -0.3 is 14.5 Å². The number of rotatable bonds is 3. The summed E-state index contributed by atoms with van der Waals surface area (Å²) in [6.07, 6.45) is -6.25. The van der Waals surface area contributed by atoms with E-state index in [2.05, 4.69) is 4.98 Å². The van der Waals surface area contributed by atoms with E-state index in [-0.39, 0.29) is 22.2 Å². The average Bonchev–Trinajstić information content (AvgIpc) is 3.02. The zero-order valence-corrected chi connectivity index (χ0v) is 17.7. The molecule has 4 atom stereocenters. The quantitative estimate of drug-likeness (QED) is 0.494. The molecule has 0 bridgehead atoms. The third kappa shape index (κ3) is 3.47. The van der Waals surface area contributed by atoms with E-state index in [4.69, 9.17) is 9.47 Å². The molecule has 1 aliphatic rings. The van der Waals surface area contributed by atoms with E-state index in [9.17, 15) is 31.1 Å². The maximum absolute atomic E-state index is 14.5. The predicted octanol–water partition coefficient (Wildman–Crippen LogP) is 5.77. The zero-order chi connectivity index (χ0) is 24.3. The van der Waals surface area contributed by atoms with E-state index in [1.165, 1.54) is 19.1 Å². The van der Waals surface area contributed by atoms with Gasteiger partial charge in [0.15, 0.2) is 22.6 Å². The monoisotopic (exact) mass is 471 g/mol. The number of pyridine rings is 1. The van der Waals surface area contributed by atoms with E-state index < -0.39 is 58.3 Å². The first-order chi connectivity index (χ1) is 15.4. The Morgan fingerprint density at radius 1 is 1.09 bits per heavy atom. The van der Waals surface area contributed by atoms with Gasteiger partial charge in [-0.2, -0.15) is 17.6 Å². The van der Waals surface area contributed by atoms with Crippen LogP contribution >= 0.6 is 0 Å². The number of hydrogen-bond donors (Lipinski definition) is 1. The van der Waals surface area contributed by atoms with E-state index >= 15 is 0 Å². The molecular weight excluding hydrogens is 452 g/mol. The zero-order valence-electron chi connectivity index (χ0n) is 17.7. The molecule has 1 aliphatic heterocycles. The van der Waals surface area contributed by atoms with Gasteiger partial charge in [-0.1, -0.05) is 19.1 Å². The van der Waals surface area contributed by atoms with Gasteiger partial charge in [0.2, 0.25) is 5.82 Å². The van der Waals surface area contributed by atoms with Crippen molar-refractivity contribution in [3.8, 4) is 5.75 Å². The number of halogens is 6. The van der Waals surface area contributed by atoms with Crippen molar-refractivity contribution in [2.45, 2.75) is 37.6 Å². The number of nitrogens with one attached hydrogen (secondary N) is 1. The van der Waals surface area contributed by atoms with Gasteiger partial charge in [0, 0.05) is 29.2 Å². The Morgan fingerprint density at radius 3 is 2.42 bits per heavy atom. The summed E-state index contributed by atoms with van der Waals surface area (Å²) in [5.74, 6) is -6.42. The number of fused-ring (bicyclic) bond motifs is 1. The van der Waals surface area contributed by atoms with Crippen LogP contribution in [0.1, 0.15) is 37.1 Å². The van der Waals surface area contributed by atoms with Crippen LogP contribution in [0.4, 0.5) is 26.3 Å². The number of H-pyrrole nitrogens is 1.